The van der Waals surface area contributed by atoms with Gasteiger partial charge in [-0.05, 0) is 38.8 Å². The van der Waals surface area contributed by atoms with Crippen molar-refractivity contribution < 1.29 is 9.90 Å². The molecule has 0 aromatic carbocycles. The van der Waals surface area contributed by atoms with Crippen LogP contribution in [0, 0.1) is 13.8 Å². The van der Waals surface area contributed by atoms with Crippen molar-refractivity contribution in [3.05, 3.63) is 29.1 Å². The van der Waals surface area contributed by atoms with Gasteiger partial charge in [-0.1, -0.05) is 6.92 Å². The molecule has 0 saturated heterocycles. The van der Waals surface area contributed by atoms with Crippen molar-refractivity contribution in [2.45, 2.75) is 39.7 Å². The number of carbonyl (C=O) groups is 1. The van der Waals surface area contributed by atoms with Gasteiger partial charge < -0.3 is 10.4 Å². The highest BCUT2D eigenvalue weighted by atomic mass is 16.3. The van der Waals surface area contributed by atoms with E-state index in [0.717, 1.165) is 11.4 Å². The van der Waals surface area contributed by atoms with E-state index < -0.39 is 0 Å². The van der Waals surface area contributed by atoms with Crippen LogP contribution in [-0.4, -0.2) is 28.6 Å². The van der Waals surface area contributed by atoms with Crippen LogP contribution in [0.2, 0.25) is 0 Å². The topological polar surface area (TPSA) is 62.2 Å². The predicted octanol–water partition coefficient (Wildman–Crippen LogP) is 1.59. The van der Waals surface area contributed by atoms with E-state index in [1.165, 1.54) is 0 Å². The van der Waals surface area contributed by atoms with E-state index in [9.17, 15) is 9.90 Å². The fraction of sp³-hybridized carbons (Fsp3) is 0.538. The minimum absolute atomic E-state index is 0.127. The summed E-state index contributed by atoms with van der Waals surface area (Å²) in [6.07, 6.45) is 0.953. The lowest BCUT2D eigenvalue weighted by atomic mass is 10.1. The summed E-state index contributed by atoms with van der Waals surface area (Å²) in [7, 11) is 0. The number of nitrogens with zero attached hydrogens (tertiary/aromatic N) is 1. The van der Waals surface area contributed by atoms with Crippen molar-refractivity contribution >= 4 is 5.91 Å². The van der Waals surface area contributed by atoms with Crippen molar-refractivity contribution in [2.24, 2.45) is 0 Å². The lowest BCUT2D eigenvalue weighted by Crippen LogP contribution is -2.27. The van der Waals surface area contributed by atoms with Gasteiger partial charge in [0.15, 0.2) is 0 Å². The fourth-order valence-electron chi connectivity index (χ4n) is 1.58. The maximum Gasteiger partial charge on any atom is 0.253 e. The molecule has 0 radical (unpaired) electrons. The standard InChI is InChI=1S/C13H20N2O2/c1-4-11(16)7-8-14-13(17)12-6-5-9(2)15-10(12)3/h5-6,11,16H,4,7-8H2,1-3H3,(H,14,17). The third-order valence-corrected chi connectivity index (χ3v) is 2.70. The molecule has 2 N–H and O–H groups in total. The van der Waals surface area contributed by atoms with Gasteiger partial charge in [0.05, 0.1) is 17.4 Å². The maximum atomic E-state index is 11.8. The van der Waals surface area contributed by atoms with Crippen molar-refractivity contribution in [2.75, 3.05) is 6.54 Å². The number of rotatable bonds is 5. The summed E-state index contributed by atoms with van der Waals surface area (Å²) >= 11 is 0. The van der Waals surface area contributed by atoms with E-state index in [1.807, 2.05) is 26.8 Å². The molecule has 4 nitrogen and oxygen atoms in total. The number of carbonyl (C=O) groups excluding carboxylic acids is 1. The normalized spacial score (nSPS) is 12.2. The third kappa shape index (κ3) is 4.15. The quantitative estimate of drug-likeness (QED) is 0.816. The largest absolute Gasteiger partial charge is 0.393 e. The molecule has 1 rings (SSSR count). The Labute approximate surface area is 102 Å². The van der Waals surface area contributed by atoms with Gasteiger partial charge in [0, 0.05) is 12.2 Å². The summed E-state index contributed by atoms with van der Waals surface area (Å²) in [6.45, 7) is 6.12. The van der Waals surface area contributed by atoms with Crippen LogP contribution in [0.15, 0.2) is 12.1 Å². The molecule has 0 fully saturated rings. The van der Waals surface area contributed by atoms with E-state index in [2.05, 4.69) is 10.3 Å². The van der Waals surface area contributed by atoms with Crippen LogP contribution in [0.3, 0.4) is 0 Å². The number of hydrogen-bond donors (Lipinski definition) is 2. The summed E-state index contributed by atoms with van der Waals surface area (Å²) in [5.74, 6) is -0.127. The summed E-state index contributed by atoms with van der Waals surface area (Å²) in [4.78, 5) is 16.1. The Hall–Kier alpha value is -1.42. The summed E-state index contributed by atoms with van der Waals surface area (Å²) in [5, 5.41) is 12.2. The Kier molecular flexibility index (Phi) is 5.10. The first-order valence-electron chi connectivity index (χ1n) is 5.95. The molecule has 1 unspecified atom stereocenters. The summed E-state index contributed by atoms with van der Waals surface area (Å²) < 4.78 is 0. The number of aliphatic hydroxyl groups is 1. The van der Waals surface area contributed by atoms with Crippen molar-refractivity contribution in [1.29, 1.82) is 0 Å². The van der Waals surface area contributed by atoms with E-state index in [-0.39, 0.29) is 12.0 Å². The molecule has 0 bridgehead atoms. The first-order valence-corrected chi connectivity index (χ1v) is 5.95. The van der Waals surface area contributed by atoms with E-state index >= 15 is 0 Å². The zero-order valence-electron chi connectivity index (χ0n) is 10.7. The highest BCUT2D eigenvalue weighted by molar-refractivity contribution is 5.95. The Morgan fingerprint density at radius 2 is 2.18 bits per heavy atom. The second-order valence-electron chi connectivity index (χ2n) is 4.19. The van der Waals surface area contributed by atoms with Crippen LogP contribution in [0.1, 0.15) is 41.5 Å². The molecule has 4 heteroatoms. The second-order valence-corrected chi connectivity index (χ2v) is 4.19. The molecule has 0 saturated carbocycles. The van der Waals surface area contributed by atoms with Gasteiger partial charge in [0.1, 0.15) is 0 Å². The molecule has 1 atom stereocenters. The Bertz CT molecular complexity index is 391. The molecule has 1 aromatic heterocycles. The lowest BCUT2D eigenvalue weighted by Gasteiger charge is -2.10. The minimum atomic E-state index is -0.340. The summed E-state index contributed by atoms with van der Waals surface area (Å²) in [5.41, 5.74) is 2.24. The van der Waals surface area contributed by atoms with Crippen LogP contribution in [0.5, 0.6) is 0 Å². The van der Waals surface area contributed by atoms with E-state index in [1.54, 1.807) is 6.07 Å². The number of amides is 1. The van der Waals surface area contributed by atoms with Gasteiger partial charge in [-0.2, -0.15) is 0 Å². The fourth-order valence-corrected chi connectivity index (χ4v) is 1.58. The molecule has 0 aliphatic rings. The first kappa shape index (κ1) is 13.6. The molecule has 1 aromatic rings. The van der Waals surface area contributed by atoms with E-state index in [0.29, 0.717) is 24.9 Å². The van der Waals surface area contributed by atoms with Crippen LogP contribution >= 0.6 is 0 Å². The molecule has 0 aliphatic carbocycles. The second kappa shape index (κ2) is 6.35. The Morgan fingerprint density at radius 1 is 1.47 bits per heavy atom. The molecule has 1 amide bonds. The summed E-state index contributed by atoms with van der Waals surface area (Å²) in [6, 6.07) is 3.60. The van der Waals surface area contributed by atoms with Gasteiger partial charge in [-0.3, -0.25) is 9.78 Å². The molecule has 0 spiro atoms. The molecular formula is C13H20N2O2. The SMILES string of the molecule is CCC(O)CCNC(=O)c1ccc(C)nc1C. The Balaban J connectivity index is 2.52. The van der Waals surface area contributed by atoms with Crippen molar-refractivity contribution in [3.8, 4) is 0 Å². The first-order chi connectivity index (χ1) is 8.04. The average Bonchev–Trinajstić information content (AvgIpc) is 2.28. The van der Waals surface area contributed by atoms with Gasteiger partial charge in [-0.25, -0.2) is 0 Å². The molecular weight excluding hydrogens is 216 g/mol. The molecule has 1 heterocycles. The third-order valence-electron chi connectivity index (χ3n) is 2.70. The van der Waals surface area contributed by atoms with Crippen molar-refractivity contribution in [3.63, 3.8) is 0 Å². The lowest BCUT2D eigenvalue weighted by molar-refractivity contribution is 0.0941. The van der Waals surface area contributed by atoms with Gasteiger partial charge >= 0.3 is 0 Å². The highest BCUT2D eigenvalue weighted by Crippen LogP contribution is 2.06. The molecule has 17 heavy (non-hydrogen) atoms. The average molecular weight is 236 g/mol. The highest BCUT2D eigenvalue weighted by Gasteiger charge is 2.10. The predicted molar refractivity (Wildman–Crippen MR) is 67.0 cm³/mol. The smallest absolute Gasteiger partial charge is 0.253 e. The van der Waals surface area contributed by atoms with Crippen LogP contribution < -0.4 is 5.32 Å². The molecule has 94 valence electrons. The van der Waals surface area contributed by atoms with Crippen LogP contribution in [0.25, 0.3) is 0 Å². The Morgan fingerprint density at radius 3 is 2.76 bits per heavy atom. The number of nitrogens with one attached hydrogen (secondary N) is 1. The van der Waals surface area contributed by atoms with E-state index in [4.69, 9.17) is 0 Å². The number of aromatic nitrogens is 1. The zero-order chi connectivity index (χ0) is 12.8. The number of hydrogen-bond acceptors (Lipinski definition) is 3. The van der Waals surface area contributed by atoms with Gasteiger partial charge in [0.2, 0.25) is 0 Å². The van der Waals surface area contributed by atoms with Crippen molar-refractivity contribution in [1.82, 2.24) is 10.3 Å². The monoisotopic (exact) mass is 236 g/mol. The molecule has 0 aliphatic heterocycles. The van der Waals surface area contributed by atoms with Crippen LogP contribution in [-0.2, 0) is 0 Å². The number of aryl methyl sites for hydroxylation is 2. The van der Waals surface area contributed by atoms with Crippen LogP contribution in [0.4, 0.5) is 0 Å². The number of pyridine rings is 1. The van der Waals surface area contributed by atoms with Gasteiger partial charge in [-0.15, -0.1) is 0 Å². The van der Waals surface area contributed by atoms with Gasteiger partial charge in [0.25, 0.3) is 5.91 Å². The number of aliphatic hydroxyl groups excluding tert-OH is 1. The zero-order valence-corrected chi connectivity index (χ0v) is 10.7. The minimum Gasteiger partial charge on any atom is -0.393 e. The maximum absolute atomic E-state index is 11.8.